The van der Waals surface area contributed by atoms with Crippen molar-refractivity contribution in [3.05, 3.63) is 34.9 Å². The van der Waals surface area contributed by atoms with Gasteiger partial charge in [0.25, 0.3) is 5.91 Å². The number of hydrogen-bond donors (Lipinski definition) is 2. The number of benzene rings is 1. The van der Waals surface area contributed by atoms with Gasteiger partial charge in [0.05, 0.1) is 19.2 Å². The average Bonchev–Trinajstić information content (AvgIpc) is 2.94. The molecule has 1 atom stereocenters. The Balaban J connectivity index is 2.29. The molecule has 0 aliphatic carbocycles. The molecular formula is C16H20N2O2. The smallest absolute Gasteiger partial charge is 0.254 e. The van der Waals surface area contributed by atoms with Crippen molar-refractivity contribution >= 4 is 5.91 Å². The molecule has 0 radical (unpaired) electrons. The van der Waals surface area contributed by atoms with Gasteiger partial charge in [0.1, 0.15) is 0 Å². The Morgan fingerprint density at radius 2 is 2.35 bits per heavy atom. The number of likely N-dealkylation sites (tertiary alicyclic amines) is 1. The molecule has 4 heteroatoms. The van der Waals surface area contributed by atoms with Crippen LogP contribution in [-0.2, 0) is 0 Å². The predicted octanol–water partition coefficient (Wildman–Crippen LogP) is 0.902. The number of hydrogen-bond acceptors (Lipinski definition) is 3. The van der Waals surface area contributed by atoms with E-state index < -0.39 is 0 Å². The fraction of sp³-hybridized carbons (Fsp3) is 0.438. The van der Waals surface area contributed by atoms with E-state index in [2.05, 4.69) is 11.8 Å². The summed E-state index contributed by atoms with van der Waals surface area (Å²) in [5.41, 5.74) is 7.75. The van der Waals surface area contributed by atoms with Crippen LogP contribution in [0.3, 0.4) is 0 Å². The van der Waals surface area contributed by atoms with Crippen LogP contribution in [0.5, 0.6) is 0 Å². The average molecular weight is 272 g/mol. The van der Waals surface area contributed by atoms with Crippen LogP contribution in [0, 0.1) is 18.8 Å². The fourth-order valence-electron chi connectivity index (χ4n) is 2.53. The molecular weight excluding hydrogens is 252 g/mol. The van der Waals surface area contributed by atoms with Gasteiger partial charge >= 0.3 is 0 Å². The lowest BCUT2D eigenvalue weighted by molar-refractivity contribution is 0.0677. The topological polar surface area (TPSA) is 66.6 Å². The third kappa shape index (κ3) is 3.01. The van der Waals surface area contributed by atoms with E-state index in [0.717, 1.165) is 24.0 Å². The van der Waals surface area contributed by atoms with E-state index in [4.69, 9.17) is 5.73 Å². The lowest BCUT2D eigenvalue weighted by atomic mass is 10.0. The number of carbonyl (C=O) groups excluding carboxylic acids is 1. The summed E-state index contributed by atoms with van der Waals surface area (Å²) in [6.07, 6.45) is 1.82. The molecule has 0 bridgehead atoms. The molecule has 0 saturated carbocycles. The number of rotatable bonds is 2. The number of carbonyl (C=O) groups is 1. The van der Waals surface area contributed by atoms with E-state index in [1.165, 1.54) is 0 Å². The number of nitrogens with two attached hydrogens (primary N) is 1. The molecule has 1 aromatic rings. The van der Waals surface area contributed by atoms with Crippen LogP contribution >= 0.6 is 0 Å². The Morgan fingerprint density at radius 1 is 1.55 bits per heavy atom. The Morgan fingerprint density at radius 3 is 3.05 bits per heavy atom. The van der Waals surface area contributed by atoms with Crippen LogP contribution in [0.1, 0.15) is 34.3 Å². The summed E-state index contributed by atoms with van der Waals surface area (Å²) in [6.45, 7) is 2.95. The van der Waals surface area contributed by atoms with Gasteiger partial charge in [-0.1, -0.05) is 17.9 Å². The van der Waals surface area contributed by atoms with Crippen LogP contribution in [-0.4, -0.2) is 41.7 Å². The molecule has 1 aliphatic heterocycles. The highest BCUT2D eigenvalue weighted by Crippen LogP contribution is 2.21. The molecule has 1 amide bonds. The summed E-state index contributed by atoms with van der Waals surface area (Å²) in [5, 5.41) is 9.34. The van der Waals surface area contributed by atoms with Crippen molar-refractivity contribution in [3.63, 3.8) is 0 Å². The van der Waals surface area contributed by atoms with Crippen molar-refractivity contribution in [2.24, 2.45) is 5.73 Å². The molecule has 1 saturated heterocycles. The third-order valence-electron chi connectivity index (χ3n) is 3.65. The molecule has 0 aromatic heterocycles. The molecule has 4 nitrogen and oxygen atoms in total. The second kappa shape index (κ2) is 6.56. The maximum absolute atomic E-state index is 12.6. The molecule has 1 fully saturated rings. The molecule has 106 valence electrons. The largest absolute Gasteiger partial charge is 0.394 e. The Bertz CT molecular complexity index is 557. The van der Waals surface area contributed by atoms with Crippen molar-refractivity contribution in [1.29, 1.82) is 0 Å². The number of aliphatic hydroxyl groups is 1. The molecule has 1 unspecified atom stereocenters. The molecule has 0 spiro atoms. The summed E-state index contributed by atoms with van der Waals surface area (Å²) >= 11 is 0. The number of amides is 1. The minimum Gasteiger partial charge on any atom is -0.394 e. The van der Waals surface area contributed by atoms with E-state index in [0.29, 0.717) is 18.7 Å². The van der Waals surface area contributed by atoms with Crippen LogP contribution < -0.4 is 5.73 Å². The first kappa shape index (κ1) is 14.6. The normalized spacial score (nSPS) is 17.8. The fourth-order valence-corrected chi connectivity index (χ4v) is 2.53. The lowest BCUT2D eigenvalue weighted by Gasteiger charge is -2.24. The van der Waals surface area contributed by atoms with E-state index >= 15 is 0 Å². The van der Waals surface area contributed by atoms with E-state index in [-0.39, 0.29) is 18.6 Å². The molecule has 2 rings (SSSR count). The minimum atomic E-state index is -0.0549. The van der Waals surface area contributed by atoms with E-state index in [1.807, 2.05) is 25.1 Å². The zero-order valence-corrected chi connectivity index (χ0v) is 11.7. The first-order valence-electron chi connectivity index (χ1n) is 6.88. The summed E-state index contributed by atoms with van der Waals surface area (Å²) in [4.78, 5) is 14.4. The van der Waals surface area contributed by atoms with E-state index in [1.54, 1.807) is 4.90 Å². The molecule has 1 heterocycles. The van der Waals surface area contributed by atoms with Crippen LogP contribution in [0.4, 0.5) is 0 Å². The highest BCUT2D eigenvalue weighted by molar-refractivity contribution is 5.96. The first-order valence-corrected chi connectivity index (χ1v) is 6.88. The van der Waals surface area contributed by atoms with Crippen LogP contribution in [0.15, 0.2) is 18.2 Å². The van der Waals surface area contributed by atoms with Gasteiger partial charge in [-0.25, -0.2) is 0 Å². The number of aryl methyl sites for hydroxylation is 1. The van der Waals surface area contributed by atoms with Gasteiger partial charge in [0.2, 0.25) is 0 Å². The lowest BCUT2D eigenvalue weighted by Crippen LogP contribution is -2.37. The van der Waals surface area contributed by atoms with Gasteiger partial charge in [-0.3, -0.25) is 4.79 Å². The van der Waals surface area contributed by atoms with Gasteiger partial charge in [-0.2, -0.15) is 0 Å². The summed E-state index contributed by atoms with van der Waals surface area (Å²) in [7, 11) is 0. The predicted molar refractivity (Wildman–Crippen MR) is 78.3 cm³/mol. The Labute approximate surface area is 119 Å². The Kier molecular flexibility index (Phi) is 4.78. The second-order valence-corrected chi connectivity index (χ2v) is 5.01. The Hall–Kier alpha value is -1.83. The third-order valence-corrected chi connectivity index (χ3v) is 3.65. The maximum atomic E-state index is 12.6. The maximum Gasteiger partial charge on any atom is 0.254 e. The highest BCUT2D eigenvalue weighted by atomic mass is 16.3. The van der Waals surface area contributed by atoms with Crippen molar-refractivity contribution in [2.75, 3.05) is 19.7 Å². The summed E-state index contributed by atoms with van der Waals surface area (Å²) in [5.74, 6) is 5.72. The molecule has 1 aromatic carbocycles. The highest BCUT2D eigenvalue weighted by Gasteiger charge is 2.29. The van der Waals surface area contributed by atoms with Gasteiger partial charge in [-0.15, -0.1) is 0 Å². The number of aliphatic hydroxyl groups excluding tert-OH is 1. The number of nitrogens with zero attached hydrogens (tertiary/aromatic N) is 1. The van der Waals surface area contributed by atoms with Gasteiger partial charge in [0.15, 0.2) is 0 Å². The minimum absolute atomic E-state index is 0.0181. The SMILES string of the molecule is Cc1ccc(C#CCN)cc1C(=O)N1CCCC1CO. The monoisotopic (exact) mass is 272 g/mol. The zero-order valence-electron chi connectivity index (χ0n) is 11.7. The quantitative estimate of drug-likeness (QED) is 0.786. The summed E-state index contributed by atoms with van der Waals surface area (Å²) < 4.78 is 0. The second-order valence-electron chi connectivity index (χ2n) is 5.01. The van der Waals surface area contributed by atoms with Crippen molar-refractivity contribution < 1.29 is 9.90 Å². The van der Waals surface area contributed by atoms with Crippen LogP contribution in [0.25, 0.3) is 0 Å². The van der Waals surface area contributed by atoms with Crippen LogP contribution in [0.2, 0.25) is 0 Å². The summed E-state index contributed by atoms with van der Waals surface area (Å²) in [6, 6.07) is 5.55. The first-order chi connectivity index (χ1) is 9.67. The standard InChI is InChI=1S/C16H20N2O2/c1-12-6-7-13(4-2-8-17)10-15(12)16(20)18-9-3-5-14(18)11-19/h6-7,10,14,19H,3,5,8-9,11,17H2,1H3. The van der Waals surface area contributed by atoms with Gasteiger partial charge < -0.3 is 15.7 Å². The van der Waals surface area contributed by atoms with Crippen molar-refractivity contribution in [2.45, 2.75) is 25.8 Å². The van der Waals surface area contributed by atoms with Gasteiger partial charge in [-0.05, 0) is 37.5 Å². The molecule has 3 N–H and O–H groups in total. The molecule has 1 aliphatic rings. The van der Waals surface area contributed by atoms with Crippen molar-refractivity contribution in [1.82, 2.24) is 4.90 Å². The molecule has 20 heavy (non-hydrogen) atoms. The van der Waals surface area contributed by atoms with Gasteiger partial charge in [0, 0.05) is 17.7 Å². The van der Waals surface area contributed by atoms with E-state index in [9.17, 15) is 9.90 Å². The zero-order chi connectivity index (χ0) is 14.5. The van der Waals surface area contributed by atoms with Crippen molar-refractivity contribution in [3.8, 4) is 11.8 Å².